The number of alkyl halides is 1. The molecule has 0 heterocycles. The van der Waals surface area contributed by atoms with E-state index in [-0.39, 0.29) is 6.10 Å². The molecule has 1 unspecified atom stereocenters. The lowest BCUT2D eigenvalue weighted by Gasteiger charge is -1.99. The fourth-order valence-corrected chi connectivity index (χ4v) is 0.727. The number of allylic oxidation sites excluding steroid dienone is 1. The van der Waals surface area contributed by atoms with Gasteiger partial charge in [0.15, 0.2) is 0 Å². The molecule has 60 valence electrons. The summed E-state index contributed by atoms with van der Waals surface area (Å²) in [5.74, 6) is 0.330. The summed E-state index contributed by atoms with van der Waals surface area (Å²) in [5, 5.41) is 8.97. The van der Waals surface area contributed by atoms with Gasteiger partial charge in [-0.2, -0.15) is 0 Å². The van der Waals surface area contributed by atoms with Gasteiger partial charge in [0.2, 0.25) is 0 Å². The Hall–Kier alpha value is -0.0100. The van der Waals surface area contributed by atoms with Crippen LogP contribution in [0.1, 0.15) is 26.2 Å². The van der Waals surface area contributed by atoms with Gasteiger partial charge in [0, 0.05) is 5.88 Å². The van der Waals surface area contributed by atoms with E-state index in [1.807, 2.05) is 6.08 Å². The minimum Gasteiger partial charge on any atom is -0.392 e. The molecule has 0 aliphatic rings. The number of aliphatic hydroxyl groups excluding tert-OH is 1. The van der Waals surface area contributed by atoms with Crippen LogP contribution in [0.25, 0.3) is 0 Å². The van der Waals surface area contributed by atoms with Crippen molar-refractivity contribution in [3.05, 3.63) is 12.2 Å². The van der Waals surface area contributed by atoms with Crippen LogP contribution in [-0.2, 0) is 0 Å². The van der Waals surface area contributed by atoms with Crippen LogP contribution in [0.15, 0.2) is 12.2 Å². The second-order valence-electron chi connectivity index (χ2n) is 2.30. The van der Waals surface area contributed by atoms with E-state index in [1.165, 1.54) is 0 Å². The quantitative estimate of drug-likeness (QED) is 0.486. The molecule has 0 rings (SSSR count). The SMILES string of the molecule is CCC/C=C\CC(O)CCl. The Morgan fingerprint density at radius 1 is 1.50 bits per heavy atom. The summed E-state index contributed by atoms with van der Waals surface area (Å²) in [7, 11) is 0. The van der Waals surface area contributed by atoms with Gasteiger partial charge in [0.1, 0.15) is 0 Å². The normalized spacial score (nSPS) is 14.3. The summed E-state index contributed by atoms with van der Waals surface area (Å²) >= 11 is 5.38. The van der Waals surface area contributed by atoms with Gasteiger partial charge in [-0.1, -0.05) is 25.5 Å². The van der Waals surface area contributed by atoms with E-state index in [0.717, 1.165) is 12.8 Å². The summed E-state index contributed by atoms with van der Waals surface area (Å²) in [6.07, 6.45) is 6.63. The van der Waals surface area contributed by atoms with Gasteiger partial charge in [-0.15, -0.1) is 11.6 Å². The van der Waals surface area contributed by atoms with Crippen molar-refractivity contribution in [2.24, 2.45) is 0 Å². The second kappa shape index (κ2) is 7.10. The molecule has 2 heteroatoms. The van der Waals surface area contributed by atoms with Gasteiger partial charge >= 0.3 is 0 Å². The van der Waals surface area contributed by atoms with Crippen LogP contribution < -0.4 is 0 Å². The van der Waals surface area contributed by atoms with Gasteiger partial charge in [0.25, 0.3) is 0 Å². The predicted molar refractivity (Wildman–Crippen MR) is 45.4 cm³/mol. The zero-order valence-electron chi connectivity index (χ0n) is 6.39. The van der Waals surface area contributed by atoms with Crippen molar-refractivity contribution in [2.45, 2.75) is 32.3 Å². The first-order chi connectivity index (χ1) is 4.81. The third kappa shape index (κ3) is 6.12. The van der Waals surface area contributed by atoms with Crippen molar-refractivity contribution < 1.29 is 5.11 Å². The third-order valence-corrected chi connectivity index (χ3v) is 1.56. The highest BCUT2D eigenvalue weighted by molar-refractivity contribution is 6.18. The number of unbranched alkanes of at least 4 members (excludes halogenated alkanes) is 1. The van der Waals surface area contributed by atoms with Crippen LogP contribution >= 0.6 is 11.6 Å². The zero-order chi connectivity index (χ0) is 7.82. The van der Waals surface area contributed by atoms with Crippen molar-refractivity contribution in [2.75, 3.05) is 5.88 Å². The molecule has 0 radical (unpaired) electrons. The lowest BCUT2D eigenvalue weighted by Crippen LogP contribution is -2.05. The van der Waals surface area contributed by atoms with Crippen molar-refractivity contribution >= 4 is 11.6 Å². The van der Waals surface area contributed by atoms with Gasteiger partial charge in [-0.25, -0.2) is 0 Å². The van der Waals surface area contributed by atoms with Crippen molar-refractivity contribution in [1.82, 2.24) is 0 Å². The average Bonchev–Trinajstić information content (AvgIpc) is 1.98. The molecule has 0 aromatic rings. The van der Waals surface area contributed by atoms with E-state index >= 15 is 0 Å². The van der Waals surface area contributed by atoms with Crippen LogP contribution in [0.5, 0.6) is 0 Å². The molecule has 0 saturated heterocycles. The Labute approximate surface area is 67.7 Å². The summed E-state index contributed by atoms with van der Waals surface area (Å²) in [6.45, 7) is 2.13. The smallest absolute Gasteiger partial charge is 0.0709 e. The molecular weight excluding hydrogens is 148 g/mol. The second-order valence-corrected chi connectivity index (χ2v) is 2.61. The first kappa shape index (κ1) is 9.99. The van der Waals surface area contributed by atoms with Crippen molar-refractivity contribution in [1.29, 1.82) is 0 Å². The molecule has 0 aromatic heterocycles. The van der Waals surface area contributed by atoms with Crippen LogP contribution in [-0.4, -0.2) is 17.1 Å². The zero-order valence-corrected chi connectivity index (χ0v) is 7.14. The molecule has 0 aromatic carbocycles. The van der Waals surface area contributed by atoms with Crippen LogP contribution in [0, 0.1) is 0 Å². The first-order valence-electron chi connectivity index (χ1n) is 3.70. The number of hydrogen-bond acceptors (Lipinski definition) is 1. The average molecular weight is 163 g/mol. The highest BCUT2D eigenvalue weighted by Gasteiger charge is 1.95. The summed E-state index contributed by atoms with van der Waals surface area (Å²) in [4.78, 5) is 0. The lowest BCUT2D eigenvalue weighted by atomic mass is 10.2. The Morgan fingerprint density at radius 2 is 2.20 bits per heavy atom. The molecule has 1 N–H and O–H groups in total. The number of hydrogen-bond donors (Lipinski definition) is 1. The number of aliphatic hydroxyl groups is 1. The molecular formula is C8H15ClO. The largest absolute Gasteiger partial charge is 0.392 e. The predicted octanol–water partition coefficient (Wildman–Crippen LogP) is 2.33. The van der Waals surface area contributed by atoms with Crippen LogP contribution in [0.3, 0.4) is 0 Å². The highest BCUT2D eigenvalue weighted by Crippen LogP contribution is 1.97. The minimum atomic E-state index is -0.366. The molecule has 1 atom stereocenters. The van der Waals surface area contributed by atoms with Crippen LogP contribution in [0.2, 0.25) is 0 Å². The van der Waals surface area contributed by atoms with Crippen LogP contribution in [0.4, 0.5) is 0 Å². The molecule has 0 aliphatic heterocycles. The third-order valence-electron chi connectivity index (χ3n) is 1.21. The summed E-state index contributed by atoms with van der Waals surface area (Å²) in [5.41, 5.74) is 0. The first-order valence-corrected chi connectivity index (χ1v) is 4.23. The Bertz CT molecular complexity index is 91.3. The van der Waals surface area contributed by atoms with Gasteiger partial charge < -0.3 is 5.11 Å². The van der Waals surface area contributed by atoms with Crippen molar-refractivity contribution in [3.63, 3.8) is 0 Å². The monoisotopic (exact) mass is 162 g/mol. The minimum absolute atomic E-state index is 0.330. The maximum absolute atomic E-state index is 8.97. The van der Waals surface area contributed by atoms with E-state index in [4.69, 9.17) is 16.7 Å². The standard InChI is InChI=1S/C8H15ClO/c1-2-3-4-5-6-8(10)7-9/h4-5,8,10H,2-3,6-7H2,1H3/b5-4-. The molecule has 0 aliphatic carbocycles. The Morgan fingerprint density at radius 3 is 2.70 bits per heavy atom. The molecule has 0 amide bonds. The van der Waals surface area contributed by atoms with E-state index < -0.39 is 0 Å². The van der Waals surface area contributed by atoms with Gasteiger partial charge in [-0.3, -0.25) is 0 Å². The molecule has 0 saturated carbocycles. The van der Waals surface area contributed by atoms with E-state index in [1.54, 1.807) is 0 Å². The Kier molecular flexibility index (Phi) is 7.09. The van der Waals surface area contributed by atoms with Gasteiger partial charge in [0.05, 0.1) is 6.10 Å². The lowest BCUT2D eigenvalue weighted by molar-refractivity contribution is 0.201. The van der Waals surface area contributed by atoms with E-state index in [0.29, 0.717) is 12.3 Å². The molecule has 0 bridgehead atoms. The fraction of sp³-hybridized carbons (Fsp3) is 0.750. The van der Waals surface area contributed by atoms with E-state index in [9.17, 15) is 0 Å². The molecule has 0 spiro atoms. The summed E-state index contributed by atoms with van der Waals surface area (Å²) in [6, 6.07) is 0. The van der Waals surface area contributed by atoms with E-state index in [2.05, 4.69) is 13.0 Å². The molecule has 1 nitrogen and oxygen atoms in total. The van der Waals surface area contributed by atoms with Gasteiger partial charge in [-0.05, 0) is 12.8 Å². The fourth-order valence-electron chi connectivity index (χ4n) is 0.601. The Balaban J connectivity index is 3.16. The summed E-state index contributed by atoms with van der Waals surface area (Å²) < 4.78 is 0. The topological polar surface area (TPSA) is 20.2 Å². The number of halogens is 1. The highest BCUT2D eigenvalue weighted by atomic mass is 35.5. The van der Waals surface area contributed by atoms with Crippen molar-refractivity contribution in [3.8, 4) is 0 Å². The maximum Gasteiger partial charge on any atom is 0.0709 e. The molecule has 0 fully saturated rings. The molecule has 10 heavy (non-hydrogen) atoms. The number of rotatable bonds is 5. The maximum atomic E-state index is 8.97.